The zero-order valence-corrected chi connectivity index (χ0v) is 13.6. The van der Waals surface area contributed by atoms with E-state index in [1.807, 2.05) is 0 Å². The van der Waals surface area contributed by atoms with E-state index in [-0.39, 0.29) is 0 Å². The van der Waals surface area contributed by atoms with Crippen LogP contribution in [-0.4, -0.2) is 36.2 Å². The fourth-order valence-electron chi connectivity index (χ4n) is 1.22. The summed E-state index contributed by atoms with van der Waals surface area (Å²) in [5.41, 5.74) is -2.21. The van der Waals surface area contributed by atoms with E-state index in [2.05, 4.69) is 4.74 Å². The third kappa shape index (κ3) is 6.70. The lowest BCUT2D eigenvalue weighted by atomic mass is 9.90. The van der Waals surface area contributed by atoms with Crippen molar-refractivity contribution < 1.29 is 41.0 Å². The second-order valence-electron chi connectivity index (χ2n) is 6.43. The summed E-state index contributed by atoms with van der Waals surface area (Å²) in [6.07, 6.45) is -5.99. The summed E-state index contributed by atoms with van der Waals surface area (Å²) >= 11 is 0. The van der Waals surface area contributed by atoms with Gasteiger partial charge in [-0.2, -0.15) is 22.0 Å². The largest absolute Gasteiger partial charge is 0.459 e. The van der Waals surface area contributed by atoms with Gasteiger partial charge < -0.3 is 9.47 Å². The fourth-order valence-corrected chi connectivity index (χ4v) is 1.22. The van der Waals surface area contributed by atoms with Gasteiger partial charge in [0.1, 0.15) is 5.60 Å². The van der Waals surface area contributed by atoms with Crippen molar-refractivity contribution in [3.8, 4) is 0 Å². The van der Waals surface area contributed by atoms with Gasteiger partial charge in [-0.15, -0.1) is 0 Å². The van der Waals surface area contributed by atoms with Crippen molar-refractivity contribution >= 4 is 11.9 Å². The van der Waals surface area contributed by atoms with E-state index in [4.69, 9.17) is 4.74 Å². The number of halogens is 5. The van der Waals surface area contributed by atoms with Crippen molar-refractivity contribution in [2.75, 3.05) is 6.61 Å². The molecule has 0 unspecified atom stereocenters. The van der Waals surface area contributed by atoms with Crippen LogP contribution in [0.5, 0.6) is 0 Å². The SMILES string of the molecule is CCC(C)(C)C(=O)OC(C)(C)CC(=O)OCC(F)(F)C(F)(F)F. The highest BCUT2D eigenvalue weighted by Gasteiger charge is 2.58. The Morgan fingerprint density at radius 3 is 1.83 bits per heavy atom. The monoisotopic (exact) mass is 348 g/mol. The summed E-state index contributed by atoms with van der Waals surface area (Å²) < 4.78 is 70.2. The smallest absolute Gasteiger partial charge is 0.456 e. The molecular weight excluding hydrogens is 327 g/mol. The van der Waals surface area contributed by atoms with Gasteiger partial charge in [-0.3, -0.25) is 9.59 Å². The Morgan fingerprint density at radius 2 is 1.43 bits per heavy atom. The molecule has 0 aromatic heterocycles. The Kier molecular flexibility index (Phi) is 6.57. The lowest BCUT2D eigenvalue weighted by molar-refractivity contribution is -0.294. The summed E-state index contributed by atoms with van der Waals surface area (Å²) in [6, 6.07) is 0. The van der Waals surface area contributed by atoms with E-state index in [0.717, 1.165) is 0 Å². The highest BCUT2D eigenvalue weighted by molar-refractivity contribution is 5.77. The molecule has 0 aliphatic carbocycles. The molecule has 0 amide bonds. The van der Waals surface area contributed by atoms with Crippen molar-refractivity contribution in [3.63, 3.8) is 0 Å². The van der Waals surface area contributed by atoms with Gasteiger partial charge in [0.05, 0.1) is 11.8 Å². The molecule has 0 bridgehead atoms. The number of alkyl halides is 5. The van der Waals surface area contributed by atoms with Gasteiger partial charge in [0, 0.05) is 0 Å². The van der Waals surface area contributed by atoms with Crippen LogP contribution in [0.1, 0.15) is 47.5 Å². The molecule has 23 heavy (non-hydrogen) atoms. The molecule has 9 heteroatoms. The molecule has 0 atom stereocenters. The minimum atomic E-state index is -5.81. The van der Waals surface area contributed by atoms with Gasteiger partial charge in [0.2, 0.25) is 0 Å². The zero-order valence-electron chi connectivity index (χ0n) is 13.6. The van der Waals surface area contributed by atoms with E-state index >= 15 is 0 Å². The number of carbonyl (C=O) groups excluding carboxylic acids is 2. The van der Waals surface area contributed by atoms with Crippen LogP contribution < -0.4 is 0 Å². The molecule has 0 aromatic rings. The molecule has 0 saturated heterocycles. The highest BCUT2D eigenvalue weighted by atomic mass is 19.4. The van der Waals surface area contributed by atoms with Crippen LogP contribution in [0, 0.1) is 5.41 Å². The molecule has 0 fully saturated rings. The maximum Gasteiger partial charge on any atom is 0.456 e. The fraction of sp³-hybridized carbons (Fsp3) is 0.857. The molecule has 0 rings (SSSR count). The molecular formula is C14H21F5O4. The van der Waals surface area contributed by atoms with Gasteiger partial charge >= 0.3 is 24.0 Å². The quantitative estimate of drug-likeness (QED) is 0.518. The van der Waals surface area contributed by atoms with Crippen LogP contribution in [0.2, 0.25) is 0 Å². The topological polar surface area (TPSA) is 52.6 Å². The molecule has 0 N–H and O–H groups in total. The molecule has 136 valence electrons. The van der Waals surface area contributed by atoms with Crippen molar-refractivity contribution in [1.29, 1.82) is 0 Å². The van der Waals surface area contributed by atoms with Gasteiger partial charge in [-0.05, 0) is 34.1 Å². The first-order chi connectivity index (χ1) is 10.0. The molecule has 0 heterocycles. The van der Waals surface area contributed by atoms with Gasteiger partial charge in [0.25, 0.3) is 0 Å². The maximum absolute atomic E-state index is 12.6. The Bertz CT molecular complexity index is 441. The van der Waals surface area contributed by atoms with E-state index in [9.17, 15) is 31.5 Å². The van der Waals surface area contributed by atoms with Crippen molar-refractivity contribution in [2.24, 2.45) is 5.41 Å². The van der Waals surface area contributed by atoms with Crippen LogP contribution in [0.4, 0.5) is 22.0 Å². The van der Waals surface area contributed by atoms with Crippen molar-refractivity contribution in [3.05, 3.63) is 0 Å². The summed E-state index contributed by atoms with van der Waals surface area (Å²) in [4.78, 5) is 23.3. The standard InChI is InChI=1S/C14H21F5O4/c1-6-11(2,3)10(21)23-12(4,5)7-9(20)22-8-13(15,16)14(17,18)19/h6-8H2,1-5H3. The maximum atomic E-state index is 12.6. The minimum absolute atomic E-state index is 0.462. The van der Waals surface area contributed by atoms with Crippen LogP contribution in [-0.2, 0) is 19.1 Å². The lowest BCUT2D eigenvalue weighted by Crippen LogP contribution is -2.42. The molecule has 0 aliphatic heterocycles. The van der Waals surface area contributed by atoms with Crippen LogP contribution in [0.15, 0.2) is 0 Å². The molecule has 0 spiro atoms. The van der Waals surface area contributed by atoms with Crippen LogP contribution in [0.25, 0.3) is 0 Å². The van der Waals surface area contributed by atoms with Gasteiger partial charge in [-0.25, -0.2) is 0 Å². The first-order valence-electron chi connectivity index (χ1n) is 6.88. The Labute approximate surface area is 131 Å². The van der Waals surface area contributed by atoms with Crippen LogP contribution in [0.3, 0.4) is 0 Å². The molecule has 4 nitrogen and oxygen atoms in total. The number of carbonyl (C=O) groups is 2. The summed E-state index contributed by atoms with van der Waals surface area (Å²) in [5, 5.41) is 0. The van der Waals surface area contributed by atoms with Gasteiger partial charge in [0.15, 0.2) is 6.61 Å². The van der Waals surface area contributed by atoms with E-state index < -0.39 is 48.1 Å². The van der Waals surface area contributed by atoms with Crippen molar-refractivity contribution in [1.82, 2.24) is 0 Å². The molecule has 0 saturated carbocycles. The number of rotatable bonds is 7. The van der Waals surface area contributed by atoms with E-state index in [0.29, 0.717) is 6.42 Å². The number of ether oxygens (including phenoxy) is 2. The molecule has 0 radical (unpaired) electrons. The Balaban J connectivity index is 4.63. The average molecular weight is 348 g/mol. The highest BCUT2D eigenvalue weighted by Crippen LogP contribution is 2.35. The number of hydrogen-bond donors (Lipinski definition) is 0. The predicted molar refractivity (Wildman–Crippen MR) is 70.8 cm³/mol. The Morgan fingerprint density at radius 1 is 0.957 bits per heavy atom. The van der Waals surface area contributed by atoms with Crippen molar-refractivity contribution in [2.45, 2.75) is 65.2 Å². The average Bonchev–Trinajstić information content (AvgIpc) is 2.33. The first kappa shape index (κ1) is 21.6. The normalized spacial score (nSPS) is 13.7. The first-order valence-corrected chi connectivity index (χ1v) is 6.88. The summed E-state index contributed by atoms with van der Waals surface area (Å²) in [7, 11) is 0. The van der Waals surface area contributed by atoms with Crippen LogP contribution >= 0.6 is 0 Å². The molecule has 0 aliphatic rings. The van der Waals surface area contributed by atoms with Gasteiger partial charge in [-0.1, -0.05) is 6.92 Å². The van der Waals surface area contributed by atoms with E-state index in [1.54, 1.807) is 20.8 Å². The third-order valence-corrected chi connectivity index (χ3v) is 3.20. The Hall–Kier alpha value is -1.41. The third-order valence-electron chi connectivity index (χ3n) is 3.20. The van der Waals surface area contributed by atoms with E-state index in [1.165, 1.54) is 13.8 Å². The second-order valence-corrected chi connectivity index (χ2v) is 6.43. The predicted octanol–water partition coefficient (Wildman–Crippen LogP) is 3.88. The zero-order chi connectivity index (χ0) is 18.7. The molecule has 0 aromatic carbocycles. The minimum Gasteiger partial charge on any atom is -0.459 e. The summed E-state index contributed by atoms with van der Waals surface area (Å²) in [6.45, 7) is 5.54. The number of hydrogen-bond acceptors (Lipinski definition) is 4. The lowest BCUT2D eigenvalue weighted by Gasteiger charge is -2.30. The number of esters is 2. The second kappa shape index (κ2) is 7.00. The summed E-state index contributed by atoms with van der Waals surface area (Å²) in [5.74, 6) is -7.06.